The van der Waals surface area contributed by atoms with Crippen molar-refractivity contribution in [2.75, 3.05) is 6.54 Å². The first-order valence-electron chi connectivity index (χ1n) is 10.8. The molecule has 0 unspecified atom stereocenters. The zero-order chi connectivity index (χ0) is 18.7. The summed E-state index contributed by atoms with van der Waals surface area (Å²) < 4.78 is 0. The zero-order valence-electron chi connectivity index (χ0n) is 16.9. The van der Waals surface area contributed by atoms with Crippen molar-refractivity contribution in [3.8, 4) is 0 Å². The third kappa shape index (κ3) is 2.60. The van der Waals surface area contributed by atoms with Crippen LogP contribution in [0, 0.1) is 40.4 Å². The summed E-state index contributed by atoms with van der Waals surface area (Å²) in [6.07, 6.45) is 9.02. The molecule has 1 heterocycles. The number of hydrogen-bond donors (Lipinski definition) is 1. The third-order valence-electron chi connectivity index (χ3n) is 8.59. The van der Waals surface area contributed by atoms with Crippen LogP contribution in [0.1, 0.15) is 72.6 Å². The van der Waals surface area contributed by atoms with Crippen molar-refractivity contribution >= 4 is 11.6 Å². The molecule has 2 saturated carbocycles. The topological polar surface area (TPSA) is 46.2 Å². The summed E-state index contributed by atoms with van der Waals surface area (Å²) in [6, 6.07) is 0. The van der Waals surface area contributed by atoms with Crippen LogP contribution in [0.4, 0.5) is 0 Å². The van der Waals surface area contributed by atoms with Crippen LogP contribution in [0.25, 0.3) is 0 Å². The van der Waals surface area contributed by atoms with Gasteiger partial charge < -0.3 is 5.32 Å². The molecule has 3 heteroatoms. The van der Waals surface area contributed by atoms with Gasteiger partial charge in [-0.3, -0.25) is 9.59 Å². The summed E-state index contributed by atoms with van der Waals surface area (Å²) in [4.78, 5) is 24.8. The van der Waals surface area contributed by atoms with E-state index in [-0.39, 0.29) is 22.5 Å². The largest absolute Gasteiger partial charge is 0.387 e. The Bertz CT molecular complexity index is 651. The van der Waals surface area contributed by atoms with E-state index in [0.29, 0.717) is 35.9 Å². The van der Waals surface area contributed by atoms with Crippen molar-refractivity contribution in [3.63, 3.8) is 0 Å². The first-order valence-corrected chi connectivity index (χ1v) is 10.8. The number of ketones is 2. The van der Waals surface area contributed by atoms with E-state index in [9.17, 15) is 9.59 Å². The molecular weight excluding hydrogens is 322 g/mol. The Morgan fingerprint density at radius 2 is 1.96 bits per heavy atom. The number of Topliss-reactive ketones (excluding diaryl/α,β-unsaturated/α-hetero) is 1. The minimum absolute atomic E-state index is 0.137. The van der Waals surface area contributed by atoms with E-state index in [0.717, 1.165) is 25.8 Å². The van der Waals surface area contributed by atoms with Gasteiger partial charge >= 0.3 is 0 Å². The molecule has 1 aliphatic heterocycles. The number of nitrogens with one attached hydrogen (secondary N) is 1. The fourth-order valence-corrected chi connectivity index (χ4v) is 7.22. The molecule has 0 aromatic rings. The summed E-state index contributed by atoms with van der Waals surface area (Å²) in [5.74, 6) is 3.51. The maximum atomic E-state index is 12.9. The standard InChI is InChI=1S/C23H35NO2/c1-14(2)11-20(26)19-6-5-17-16-13-24-21-12-15(25)7-9-23(21,4)18(16)8-10-22(17,19)3/h12,14,16-19,24H,5-11,13H2,1-4H3/t16-,17-,18-,19+,22-,23+/m0/s1. The van der Waals surface area contributed by atoms with E-state index in [1.807, 2.05) is 6.08 Å². The van der Waals surface area contributed by atoms with Crippen LogP contribution in [0.15, 0.2) is 11.8 Å². The predicted octanol–water partition coefficient (Wildman–Crippen LogP) is 4.52. The van der Waals surface area contributed by atoms with Crippen LogP contribution in [0.2, 0.25) is 0 Å². The molecule has 6 atom stereocenters. The molecule has 0 aromatic heterocycles. The van der Waals surface area contributed by atoms with Gasteiger partial charge in [-0.25, -0.2) is 0 Å². The van der Waals surface area contributed by atoms with E-state index >= 15 is 0 Å². The summed E-state index contributed by atoms with van der Waals surface area (Å²) in [6.45, 7) is 10.1. The zero-order valence-corrected chi connectivity index (χ0v) is 16.9. The van der Waals surface area contributed by atoms with E-state index in [2.05, 4.69) is 33.0 Å². The lowest BCUT2D eigenvalue weighted by Crippen LogP contribution is -2.57. The van der Waals surface area contributed by atoms with Crippen LogP contribution < -0.4 is 5.32 Å². The molecule has 0 spiro atoms. The summed E-state index contributed by atoms with van der Waals surface area (Å²) >= 11 is 0. The molecule has 0 bridgehead atoms. The first-order chi connectivity index (χ1) is 12.3. The summed E-state index contributed by atoms with van der Waals surface area (Å²) in [5.41, 5.74) is 1.53. The number of fused-ring (bicyclic) bond motifs is 5. The van der Waals surface area contributed by atoms with Gasteiger partial charge in [-0.15, -0.1) is 0 Å². The highest BCUT2D eigenvalue weighted by atomic mass is 16.1. The molecule has 4 rings (SSSR count). The SMILES string of the molecule is CC(C)CC(=O)[C@H]1CC[C@H]2[C@@H]3CNC4=CC(=O)CC[C@]4(C)[C@H]3CC[C@]12C. The molecule has 26 heavy (non-hydrogen) atoms. The fourth-order valence-electron chi connectivity index (χ4n) is 7.22. The Balaban J connectivity index is 1.59. The number of hydrogen-bond acceptors (Lipinski definition) is 3. The van der Waals surface area contributed by atoms with Crippen molar-refractivity contribution in [1.82, 2.24) is 5.32 Å². The number of carbonyl (C=O) groups is 2. The van der Waals surface area contributed by atoms with Crippen LogP contribution in [-0.2, 0) is 9.59 Å². The second kappa shape index (κ2) is 6.21. The Kier molecular flexibility index (Phi) is 4.36. The second-order valence-corrected chi connectivity index (χ2v) is 10.4. The molecular formula is C23H35NO2. The van der Waals surface area contributed by atoms with Crippen molar-refractivity contribution < 1.29 is 9.59 Å². The van der Waals surface area contributed by atoms with Gasteiger partial charge in [-0.2, -0.15) is 0 Å². The van der Waals surface area contributed by atoms with Gasteiger partial charge in [0.15, 0.2) is 5.78 Å². The van der Waals surface area contributed by atoms with Crippen LogP contribution in [0.3, 0.4) is 0 Å². The number of piperidine rings is 1. The fraction of sp³-hybridized carbons (Fsp3) is 0.826. The van der Waals surface area contributed by atoms with Crippen LogP contribution >= 0.6 is 0 Å². The minimum Gasteiger partial charge on any atom is -0.387 e. The molecule has 144 valence electrons. The van der Waals surface area contributed by atoms with Gasteiger partial charge in [0.05, 0.1) is 0 Å². The Labute approximate surface area is 158 Å². The molecule has 1 N–H and O–H groups in total. The Morgan fingerprint density at radius 3 is 2.69 bits per heavy atom. The highest BCUT2D eigenvalue weighted by Crippen LogP contribution is 2.64. The minimum atomic E-state index is 0.137. The van der Waals surface area contributed by atoms with Gasteiger partial charge in [0.25, 0.3) is 0 Å². The van der Waals surface area contributed by atoms with Gasteiger partial charge in [0, 0.05) is 42.5 Å². The monoisotopic (exact) mass is 357 g/mol. The van der Waals surface area contributed by atoms with Gasteiger partial charge in [-0.05, 0) is 61.2 Å². The normalized spacial score (nSPS) is 44.7. The number of carbonyl (C=O) groups excluding carboxylic acids is 2. The maximum absolute atomic E-state index is 12.9. The molecule has 0 aromatic carbocycles. The molecule has 0 radical (unpaired) electrons. The summed E-state index contributed by atoms with van der Waals surface area (Å²) in [5, 5.41) is 3.65. The van der Waals surface area contributed by atoms with Crippen molar-refractivity contribution in [1.29, 1.82) is 0 Å². The van der Waals surface area contributed by atoms with Gasteiger partial charge in [0.2, 0.25) is 0 Å². The van der Waals surface area contributed by atoms with Crippen molar-refractivity contribution in [3.05, 3.63) is 11.8 Å². The third-order valence-corrected chi connectivity index (χ3v) is 8.59. The average Bonchev–Trinajstić information content (AvgIpc) is 2.92. The van der Waals surface area contributed by atoms with Crippen LogP contribution in [0.5, 0.6) is 0 Å². The molecule has 1 saturated heterocycles. The summed E-state index contributed by atoms with van der Waals surface area (Å²) in [7, 11) is 0. The lowest BCUT2D eigenvalue weighted by molar-refractivity contribution is -0.131. The molecule has 0 amide bonds. The first kappa shape index (κ1) is 18.3. The maximum Gasteiger partial charge on any atom is 0.157 e. The van der Waals surface area contributed by atoms with E-state index in [1.54, 1.807) is 0 Å². The van der Waals surface area contributed by atoms with Crippen molar-refractivity contribution in [2.24, 2.45) is 40.4 Å². The van der Waals surface area contributed by atoms with E-state index < -0.39 is 0 Å². The van der Waals surface area contributed by atoms with E-state index in [1.165, 1.54) is 25.0 Å². The Morgan fingerprint density at radius 1 is 1.19 bits per heavy atom. The number of allylic oxidation sites excluding steroid dienone is 2. The van der Waals surface area contributed by atoms with Gasteiger partial charge in [0.1, 0.15) is 5.78 Å². The van der Waals surface area contributed by atoms with E-state index in [4.69, 9.17) is 0 Å². The molecule has 3 nitrogen and oxygen atoms in total. The predicted molar refractivity (Wildman–Crippen MR) is 103 cm³/mol. The van der Waals surface area contributed by atoms with Crippen molar-refractivity contribution in [2.45, 2.75) is 72.6 Å². The lowest BCUT2D eigenvalue weighted by atomic mass is 9.49. The second-order valence-electron chi connectivity index (χ2n) is 10.4. The van der Waals surface area contributed by atoms with Crippen LogP contribution in [-0.4, -0.2) is 18.1 Å². The molecule has 3 aliphatic carbocycles. The Hall–Kier alpha value is -1.12. The number of rotatable bonds is 3. The highest BCUT2D eigenvalue weighted by molar-refractivity contribution is 5.91. The quantitative estimate of drug-likeness (QED) is 0.808. The molecule has 4 aliphatic rings. The lowest BCUT2D eigenvalue weighted by Gasteiger charge is -2.58. The highest BCUT2D eigenvalue weighted by Gasteiger charge is 2.60. The van der Waals surface area contributed by atoms with Gasteiger partial charge in [-0.1, -0.05) is 27.7 Å². The molecule has 3 fully saturated rings. The smallest absolute Gasteiger partial charge is 0.157 e. The average molecular weight is 358 g/mol.